The van der Waals surface area contributed by atoms with E-state index in [0.29, 0.717) is 12.5 Å². The molecule has 0 saturated carbocycles. The molecule has 152 valence electrons. The van der Waals surface area contributed by atoms with Gasteiger partial charge in [0, 0.05) is 58.5 Å². The maximum Gasteiger partial charge on any atom is 0.255 e. The zero-order valence-corrected chi connectivity index (χ0v) is 16.7. The topological polar surface area (TPSA) is 57.9 Å². The first-order chi connectivity index (χ1) is 13.6. The maximum atomic E-state index is 12.9. The predicted octanol–water partition coefficient (Wildman–Crippen LogP) is 1.30. The summed E-state index contributed by atoms with van der Waals surface area (Å²) in [5, 5.41) is 10.9. The number of morpholine rings is 1. The number of pyridine rings is 1. The van der Waals surface area contributed by atoms with Crippen LogP contribution in [-0.2, 0) is 18.3 Å². The van der Waals surface area contributed by atoms with Crippen LogP contribution in [0.1, 0.15) is 12.0 Å². The van der Waals surface area contributed by atoms with Crippen molar-refractivity contribution in [1.82, 2.24) is 14.4 Å². The van der Waals surface area contributed by atoms with Crippen LogP contribution < -0.4 is 5.56 Å². The first-order valence-electron chi connectivity index (χ1n) is 10.3. The van der Waals surface area contributed by atoms with Gasteiger partial charge in [0.05, 0.1) is 18.7 Å². The molecule has 2 saturated heterocycles. The number of fused-ring (bicyclic) bond motifs is 1. The van der Waals surface area contributed by atoms with Crippen LogP contribution in [0.15, 0.2) is 35.1 Å². The summed E-state index contributed by atoms with van der Waals surface area (Å²) in [6.45, 7) is 7.35. The van der Waals surface area contributed by atoms with Gasteiger partial charge in [-0.05, 0) is 35.8 Å². The lowest BCUT2D eigenvalue weighted by Gasteiger charge is -2.40. The molecular weight excluding hydrogens is 354 g/mol. The van der Waals surface area contributed by atoms with Crippen molar-refractivity contribution in [1.29, 1.82) is 0 Å². The molecule has 0 radical (unpaired) electrons. The third-order valence-electron chi connectivity index (χ3n) is 6.18. The first kappa shape index (κ1) is 19.6. The van der Waals surface area contributed by atoms with Crippen LogP contribution in [-0.4, -0.2) is 72.0 Å². The lowest BCUT2D eigenvalue weighted by atomic mass is 9.89. The van der Waals surface area contributed by atoms with Gasteiger partial charge >= 0.3 is 0 Å². The normalized spacial score (nSPS) is 24.6. The molecule has 2 aliphatic heterocycles. The molecule has 0 spiro atoms. The standard InChI is InChI=1S/C22H31N3O3/c1-23-21-5-3-2-4-19(21)11-20(22(23)27)15-25-13-17(10-18(14-25)16-26)12-24-6-8-28-9-7-24/h2-5,11,17-18,26H,6-10,12-16H2,1H3. The molecule has 2 unspecified atom stereocenters. The van der Waals surface area contributed by atoms with E-state index in [1.54, 1.807) is 4.57 Å². The van der Waals surface area contributed by atoms with Crippen molar-refractivity contribution >= 4 is 10.9 Å². The monoisotopic (exact) mass is 385 g/mol. The van der Waals surface area contributed by atoms with E-state index in [1.807, 2.05) is 31.3 Å². The summed E-state index contributed by atoms with van der Waals surface area (Å²) in [4.78, 5) is 17.7. The number of hydrogen-bond acceptors (Lipinski definition) is 5. The number of rotatable bonds is 5. The Morgan fingerprint density at radius 3 is 2.64 bits per heavy atom. The highest BCUT2D eigenvalue weighted by atomic mass is 16.5. The summed E-state index contributed by atoms with van der Waals surface area (Å²) in [6, 6.07) is 10.1. The number of aliphatic hydroxyl groups is 1. The molecule has 28 heavy (non-hydrogen) atoms. The number of benzene rings is 1. The van der Waals surface area contributed by atoms with Gasteiger partial charge in [0.2, 0.25) is 0 Å². The number of aliphatic hydroxyl groups excluding tert-OH is 1. The number of aromatic nitrogens is 1. The van der Waals surface area contributed by atoms with Gasteiger partial charge in [0.1, 0.15) is 0 Å². The molecule has 0 aliphatic carbocycles. The zero-order chi connectivity index (χ0) is 19.5. The highest BCUT2D eigenvalue weighted by Gasteiger charge is 2.29. The highest BCUT2D eigenvalue weighted by molar-refractivity contribution is 5.79. The summed E-state index contributed by atoms with van der Waals surface area (Å²) in [7, 11) is 1.85. The average molecular weight is 386 g/mol. The SMILES string of the molecule is Cn1c(=O)c(CN2CC(CO)CC(CN3CCOCC3)C2)cc2ccccc21. The van der Waals surface area contributed by atoms with Gasteiger partial charge < -0.3 is 14.4 Å². The predicted molar refractivity (Wildman–Crippen MR) is 110 cm³/mol. The third-order valence-corrected chi connectivity index (χ3v) is 6.18. The van der Waals surface area contributed by atoms with E-state index < -0.39 is 0 Å². The Bertz CT molecular complexity index is 860. The molecule has 3 heterocycles. The fourth-order valence-corrected chi connectivity index (χ4v) is 4.81. The molecule has 1 aromatic heterocycles. The smallest absolute Gasteiger partial charge is 0.255 e. The van der Waals surface area contributed by atoms with Gasteiger partial charge in [-0.3, -0.25) is 14.6 Å². The maximum absolute atomic E-state index is 12.9. The van der Waals surface area contributed by atoms with Crippen molar-refractivity contribution in [2.75, 3.05) is 52.5 Å². The summed E-state index contributed by atoms with van der Waals surface area (Å²) in [6.07, 6.45) is 1.06. The minimum atomic E-state index is 0.0783. The Hall–Kier alpha value is -1.73. The number of likely N-dealkylation sites (tertiary alicyclic amines) is 1. The minimum Gasteiger partial charge on any atom is -0.396 e. The number of hydrogen-bond donors (Lipinski definition) is 1. The lowest BCUT2D eigenvalue weighted by Crippen LogP contribution is -2.47. The van der Waals surface area contributed by atoms with E-state index >= 15 is 0 Å². The number of para-hydroxylation sites is 1. The van der Waals surface area contributed by atoms with Crippen molar-refractivity contribution < 1.29 is 9.84 Å². The van der Waals surface area contributed by atoms with Crippen molar-refractivity contribution in [3.63, 3.8) is 0 Å². The number of piperidine rings is 1. The van der Waals surface area contributed by atoms with Crippen LogP contribution >= 0.6 is 0 Å². The van der Waals surface area contributed by atoms with Gasteiger partial charge in [-0.25, -0.2) is 0 Å². The fraction of sp³-hybridized carbons (Fsp3) is 0.591. The molecule has 1 N–H and O–H groups in total. The van der Waals surface area contributed by atoms with E-state index in [4.69, 9.17) is 4.74 Å². The third kappa shape index (κ3) is 4.30. The quantitative estimate of drug-likeness (QED) is 0.841. The van der Waals surface area contributed by atoms with Gasteiger partial charge in [-0.15, -0.1) is 0 Å². The molecule has 4 rings (SSSR count). The van der Waals surface area contributed by atoms with Crippen molar-refractivity contribution in [3.8, 4) is 0 Å². The van der Waals surface area contributed by atoms with E-state index in [9.17, 15) is 9.90 Å². The molecule has 2 aliphatic rings. The summed E-state index contributed by atoms with van der Waals surface area (Å²) in [5.41, 5.74) is 1.88. The molecule has 2 atom stereocenters. The molecule has 6 nitrogen and oxygen atoms in total. The van der Waals surface area contributed by atoms with Crippen molar-refractivity contribution in [2.45, 2.75) is 13.0 Å². The Balaban J connectivity index is 1.50. The van der Waals surface area contributed by atoms with Gasteiger partial charge in [0.15, 0.2) is 0 Å². The molecule has 2 aromatic rings. The molecule has 0 amide bonds. The first-order valence-corrected chi connectivity index (χ1v) is 10.3. The fourth-order valence-electron chi connectivity index (χ4n) is 4.81. The van der Waals surface area contributed by atoms with E-state index in [-0.39, 0.29) is 18.1 Å². The summed E-state index contributed by atoms with van der Waals surface area (Å²) >= 11 is 0. The second-order valence-electron chi connectivity index (χ2n) is 8.35. The number of nitrogens with zero attached hydrogens (tertiary/aromatic N) is 3. The highest BCUT2D eigenvalue weighted by Crippen LogP contribution is 2.24. The Morgan fingerprint density at radius 1 is 1.11 bits per heavy atom. The molecular formula is C22H31N3O3. The van der Waals surface area contributed by atoms with Crippen LogP contribution in [0.4, 0.5) is 0 Å². The van der Waals surface area contributed by atoms with Crippen LogP contribution in [0.2, 0.25) is 0 Å². The largest absolute Gasteiger partial charge is 0.396 e. The molecule has 1 aromatic carbocycles. The number of ether oxygens (including phenoxy) is 1. The Kier molecular flexibility index (Phi) is 6.11. The summed E-state index contributed by atoms with van der Waals surface area (Å²) < 4.78 is 7.22. The number of aryl methyl sites for hydroxylation is 1. The average Bonchev–Trinajstić information content (AvgIpc) is 2.72. The van der Waals surface area contributed by atoms with Crippen LogP contribution in [0.5, 0.6) is 0 Å². The second kappa shape index (κ2) is 8.74. The van der Waals surface area contributed by atoms with Crippen LogP contribution in [0, 0.1) is 11.8 Å². The summed E-state index contributed by atoms with van der Waals surface area (Å²) in [5.74, 6) is 0.803. The van der Waals surface area contributed by atoms with Crippen LogP contribution in [0.3, 0.4) is 0 Å². The second-order valence-corrected chi connectivity index (χ2v) is 8.35. The van der Waals surface area contributed by atoms with Gasteiger partial charge in [-0.2, -0.15) is 0 Å². The van der Waals surface area contributed by atoms with E-state index in [2.05, 4.69) is 15.9 Å². The van der Waals surface area contributed by atoms with Gasteiger partial charge in [-0.1, -0.05) is 18.2 Å². The van der Waals surface area contributed by atoms with E-state index in [0.717, 1.165) is 68.8 Å². The van der Waals surface area contributed by atoms with E-state index in [1.165, 1.54) is 0 Å². The Morgan fingerprint density at radius 2 is 1.86 bits per heavy atom. The zero-order valence-electron chi connectivity index (χ0n) is 16.7. The Labute approximate surface area is 166 Å². The lowest BCUT2D eigenvalue weighted by molar-refractivity contribution is 0.0117. The van der Waals surface area contributed by atoms with Crippen molar-refractivity contribution in [2.24, 2.45) is 18.9 Å². The van der Waals surface area contributed by atoms with Crippen molar-refractivity contribution in [3.05, 3.63) is 46.2 Å². The van der Waals surface area contributed by atoms with Crippen LogP contribution in [0.25, 0.3) is 10.9 Å². The van der Waals surface area contributed by atoms with Gasteiger partial charge in [0.25, 0.3) is 5.56 Å². The molecule has 6 heteroatoms. The minimum absolute atomic E-state index is 0.0783. The molecule has 0 bridgehead atoms. The molecule has 2 fully saturated rings.